The largest absolute Gasteiger partial charge is 0.282 e. The molecular formula is C13H10ClNO2S. The Morgan fingerprint density at radius 1 is 1.00 bits per heavy atom. The van der Waals surface area contributed by atoms with Gasteiger partial charge in [0.1, 0.15) is 0 Å². The SMILES string of the molecule is O=S(=O)(N=Cc1cccc(Cl)c1)c1ccccc1. The molecule has 0 spiro atoms. The minimum atomic E-state index is -3.64. The molecule has 0 unspecified atom stereocenters. The predicted octanol–water partition coefficient (Wildman–Crippen LogP) is 3.15. The second kappa shape index (κ2) is 5.33. The van der Waals surface area contributed by atoms with Gasteiger partial charge >= 0.3 is 0 Å². The second-order valence-corrected chi connectivity index (χ2v) is 5.65. The summed E-state index contributed by atoms with van der Waals surface area (Å²) in [7, 11) is -3.64. The molecule has 0 radical (unpaired) electrons. The lowest BCUT2D eigenvalue weighted by Gasteiger charge is -1.97. The number of hydrogen-bond acceptors (Lipinski definition) is 2. The quantitative estimate of drug-likeness (QED) is 0.810. The first-order valence-corrected chi connectivity index (χ1v) is 7.01. The van der Waals surface area contributed by atoms with E-state index < -0.39 is 10.0 Å². The number of hydrogen-bond donors (Lipinski definition) is 0. The van der Waals surface area contributed by atoms with Crippen LogP contribution in [0.4, 0.5) is 0 Å². The van der Waals surface area contributed by atoms with Crippen molar-refractivity contribution in [1.82, 2.24) is 0 Å². The average Bonchev–Trinajstić information content (AvgIpc) is 2.38. The molecule has 3 nitrogen and oxygen atoms in total. The van der Waals surface area contributed by atoms with E-state index in [-0.39, 0.29) is 4.90 Å². The molecule has 92 valence electrons. The van der Waals surface area contributed by atoms with Gasteiger partial charge in [0.05, 0.1) is 4.90 Å². The van der Waals surface area contributed by atoms with E-state index >= 15 is 0 Å². The van der Waals surface area contributed by atoms with Crippen molar-refractivity contribution in [2.24, 2.45) is 4.40 Å². The van der Waals surface area contributed by atoms with Gasteiger partial charge in [-0.1, -0.05) is 41.9 Å². The highest BCUT2D eigenvalue weighted by Crippen LogP contribution is 2.12. The molecule has 0 saturated heterocycles. The van der Waals surface area contributed by atoms with Crippen molar-refractivity contribution in [2.75, 3.05) is 0 Å². The molecule has 0 fully saturated rings. The second-order valence-electron chi connectivity index (χ2n) is 3.58. The van der Waals surface area contributed by atoms with Crippen molar-refractivity contribution in [3.05, 3.63) is 65.2 Å². The lowest BCUT2D eigenvalue weighted by molar-refractivity contribution is 0.598. The summed E-state index contributed by atoms with van der Waals surface area (Å²) in [6.07, 6.45) is 1.29. The molecule has 2 aromatic rings. The Balaban J connectivity index is 2.29. The van der Waals surface area contributed by atoms with Gasteiger partial charge in [0.15, 0.2) is 0 Å². The molecule has 0 aromatic heterocycles. The lowest BCUT2D eigenvalue weighted by atomic mass is 10.2. The van der Waals surface area contributed by atoms with Gasteiger partial charge in [-0.2, -0.15) is 12.8 Å². The molecular weight excluding hydrogens is 270 g/mol. The minimum absolute atomic E-state index is 0.170. The molecule has 0 bridgehead atoms. The van der Waals surface area contributed by atoms with Crippen LogP contribution >= 0.6 is 11.6 Å². The van der Waals surface area contributed by atoms with Crippen LogP contribution in [0.5, 0.6) is 0 Å². The standard InChI is InChI=1S/C13H10ClNO2S/c14-12-6-4-5-11(9-12)10-15-18(16,17)13-7-2-1-3-8-13/h1-10H. The van der Waals surface area contributed by atoms with E-state index in [4.69, 9.17) is 11.6 Å². The third kappa shape index (κ3) is 3.18. The third-order valence-electron chi connectivity index (χ3n) is 2.23. The highest BCUT2D eigenvalue weighted by atomic mass is 35.5. The molecule has 0 heterocycles. The van der Waals surface area contributed by atoms with Crippen LogP contribution in [-0.2, 0) is 10.0 Å². The topological polar surface area (TPSA) is 46.5 Å². The summed E-state index contributed by atoms with van der Waals surface area (Å²) in [5.41, 5.74) is 0.641. The van der Waals surface area contributed by atoms with Crippen molar-refractivity contribution >= 4 is 27.8 Å². The monoisotopic (exact) mass is 279 g/mol. The van der Waals surface area contributed by atoms with E-state index in [1.807, 2.05) is 0 Å². The number of rotatable bonds is 3. The first-order valence-electron chi connectivity index (χ1n) is 5.19. The molecule has 0 aliphatic heterocycles. The van der Waals surface area contributed by atoms with Crippen molar-refractivity contribution in [2.45, 2.75) is 4.90 Å². The predicted molar refractivity (Wildman–Crippen MR) is 72.7 cm³/mol. The van der Waals surface area contributed by atoms with Crippen molar-refractivity contribution in [3.8, 4) is 0 Å². The highest BCUT2D eigenvalue weighted by molar-refractivity contribution is 7.90. The summed E-state index contributed by atoms with van der Waals surface area (Å²) in [6, 6.07) is 14.9. The summed E-state index contributed by atoms with van der Waals surface area (Å²) in [6.45, 7) is 0. The van der Waals surface area contributed by atoms with Gasteiger partial charge in [-0.3, -0.25) is 0 Å². The first-order chi connectivity index (χ1) is 8.58. The fourth-order valence-corrected chi connectivity index (χ4v) is 2.45. The molecule has 0 N–H and O–H groups in total. The van der Waals surface area contributed by atoms with E-state index in [0.717, 1.165) is 0 Å². The maximum Gasteiger partial charge on any atom is 0.282 e. The van der Waals surface area contributed by atoms with Gasteiger partial charge in [-0.15, -0.1) is 0 Å². The molecule has 0 aliphatic rings. The molecule has 0 saturated carbocycles. The number of benzene rings is 2. The molecule has 5 heteroatoms. The zero-order chi connectivity index (χ0) is 13.0. The fraction of sp³-hybridized carbons (Fsp3) is 0. The van der Waals surface area contributed by atoms with Gasteiger partial charge in [-0.05, 0) is 29.8 Å². The molecule has 2 rings (SSSR count). The Kier molecular flexibility index (Phi) is 3.79. The van der Waals surface area contributed by atoms with Crippen LogP contribution in [0.2, 0.25) is 5.02 Å². The molecule has 0 aliphatic carbocycles. The average molecular weight is 280 g/mol. The van der Waals surface area contributed by atoms with Crippen LogP contribution in [0.1, 0.15) is 5.56 Å². The Morgan fingerprint density at radius 3 is 2.39 bits per heavy atom. The minimum Gasteiger partial charge on any atom is -0.199 e. The Hall–Kier alpha value is -1.65. The Labute approximate surface area is 111 Å². The zero-order valence-corrected chi connectivity index (χ0v) is 10.9. The van der Waals surface area contributed by atoms with Crippen LogP contribution < -0.4 is 0 Å². The summed E-state index contributed by atoms with van der Waals surface area (Å²) in [5.74, 6) is 0. The summed E-state index contributed by atoms with van der Waals surface area (Å²) < 4.78 is 27.3. The van der Waals surface area contributed by atoms with E-state index in [0.29, 0.717) is 10.6 Å². The molecule has 2 aromatic carbocycles. The van der Waals surface area contributed by atoms with E-state index in [2.05, 4.69) is 4.40 Å². The van der Waals surface area contributed by atoms with E-state index in [1.165, 1.54) is 18.3 Å². The Morgan fingerprint density at radius 2 is 1.72 bits per heavy atom. The fourth-order valence-electron chi connectivity index (χ4n) is 1.37. The maximum atomic E-state index is 11.9. The van der Waals surface area contributed by atoms with Gasteiger partial charge < -0.3 is 0 Å². The van der Waals surface area contributed by atoms with Crippen LogP contribution in [0, 0.1) is 0 Å². The number of nitrogens with zero attached hydrogens (tertiary/aromatic N) is 1. The van der Waals surface area contributed by atoms with Gasteiger partial charge in [0.2, 0.25) is 0 Å². The van der Waals surface area contributed by atoms with Crippen LogP contribution in [0.25, 0.3) is 0 Å². The lowest BCUT2D eigenvalue weighted by Crippen LogP contribution is -1.97. The number of sulfonamides is 1. The van der Waals surface area contributed by atoms with Crippen molar-refractivity contribution < 1.29 is 8.42 Å². The van der Waals surface area contributed by atoms with E-state index in [9.17, 15) is 8.42 Å². The summed E-state index contributed by atoms with van der Waals surface area (Å²) in [5, 5.41) is 0.538. The first kappa shape index (κ1) is 12.8. The molecule has 18 heavy (non-hydrogen) atoms. The Bertz CT molecular complexity index is 666. The van der Waals surface area contributed by atoms with Crippen LogP contribution in [-0.4, -0.2) is 14.6 Å². The van der Waals surface area contributed by atoms with Crippen molar-refractivity contribution in [1.29, 1.82) is 0 Å². The van der Waals surface area contributed by atoms with Gasteiger partial charge in [0, 0.05) is 11.2 Å². The third-order valence-corrected chi connectivity index (χ3v) is 3.72. The highest BCUT2D eigenvalue weighted by Gasteiger charge is 2.09. The molecule has 0 amide bonds. The van der Waals surface area contributed by atoms with Crippen molar-refractivity contribution in [3.63, 3.8) is 0 Å². The van der Waals surface area contributed by atoms with Crippen LogP contribution in [0.15, 0.2) is 63.9 Å². The van der Waals surface area contributed by atoms with Gasteiger partial charge in [-0.25, -0.2) is 0 Å². The smallest absolute Gasteiger partial charge is 0.199 e. The normalized spacial score (nSPS) is 11.8. The maximum absolute atomic E-state index is 11.9. The molecule has 0 atom stereocenters. The summed E-state index contributed by atoms with van der Waals surface area (Å²) in [4.78, 5) is 0.170. The zero-order valence-electron chi connectivity index (χ0n) is 9.32. The van der Waals surface area contributed by atoms with Gasteiger partial charge in [0.25, 0.3) is 10.0 Å². The number of halogens is 1. The van der Waals surface area contributed by atoms with Crippen LogP contribution in [0.3, 0.4) is 0 Å². The van der Waals surface area contributed by atoms with E-state index in [1.54, 1.807) is 42.5 Å². The summed E-state index contributed by atoms with van der Waals surface area (Å²) >= 11 is 5.80.